The van der Waals surface area contributed by atoms with Crippen molar-refractivity contribution in [2.45, 2.75) is 58.3 Å². The van der Waals surface area contributed by atoms with Crippen LogP contribution < -0.4 is 5.32 Å². The topological polar surface area (TPSA) is 47.6 Å². The van der Waals surface area contributed by atoms with E-state index in [1.807, 2.05) is 13.8 Å². The monoisotopic (exact) mass is 303 g/mol. The highest BCUT2D eigenvalue weighted by Crippen LogP contribution is 2.27. The van der Waals surface area contributed by atoms with Crippen LogP contribution in [0.25, 0.3) is 0 Å². The largest absolute Gasteiger partial charge is 0.373 e. The number of hydrogen-bond acceptors (Lipinski definition) is 3. The Bertz CT molecular complexity index is 546. The van der Waals surface area contributed by atoms with Crippen molar-refractivity contribution >= 4 is 5.91 Å². The number of amides is 1. The lowest BCUT2D eigenvalue weighted by Crippen LogP contribution is -2.49. The van der Waals surface area contributed by atoms with Crippen molar-refractivity contribution in [3.8, 4) is 0 Å². The first-order chi connectivity index (χ1) is 10.5. The highest BCUT2D eigenvalue weighted by atomic mass is 16.6. The fourth-order valence-corrected chi connectivity index (χ4v) is 3.79. The second-order valence-electron chi connectivity index (χ2n) is 6.58. The summed E-state index contributed by atoms with van der Waals surface area (Å²) in [5.74, 6) is 0.0372. The summed E-state index contributed by atoms with van der Waals surface area (Å²) in [4.78, 5) is 12.6. The highest BCUT2D eigenvalue weighted by Gasteiger charge is 2.34. The van der Waals surface area contributed by atoms with Gasteiger partial charge in [-0.3, -0.25) is 4.79 Å². The number of hydrogen-bond donors (Lipinski definition) is 1. The first-order valence-electron chi connectivity index (χ1n) is 8.16. The van der Waals surface area contributed by atoms with E-state index in [1.165, 1.54) is 5.56 Å². The summed E-state index contributed by atoms with van der Waals surface area (Å²) in [7, 11) is 0. The van der Waals surface area contributed by atoms with Gasteiger partial charge in [0.1, 0.15) is 0 Å². The summed E-state index contributed by atoms with van der Waals surface area (Å²) in [5.41, 5.74) is 4.09. The zero-order chi connectivity index (χ0) is 15.7. The maximum atomic E-state index is 12.6. The third kappa shape index (κ3) is 3.18. The van der Waals surface area contributed by atoms with Crippen molar-refractivity contribution < 1.29 is 14.3 Å². The number of fused-ring (bicyclic) bond motifs is 1. The van der Waals surface area contributed by atoms with Crippen LogP contribution in [0.3, 0.4) is 0 Å². The fraction of sp³-hybridized carbons (Fsp3) is 0.611. The Hall–Kier alpha value is -1.39. The lowest BCUT2D eigenvalue weighted by atomic mass is 9.89. The van der Waals surface area contributed by atoms with Crippen LogP contribution in [0.15, 0.2) is 12.1 Å². The van der Waals surface area contributed by atoms with Gasteiger partial charge in [0.05, 0.1) is 25.4 Å². The van der Waals surface area contributed by atoms with Gasteiger partial charge in [-0.15, -0.1) is 0 Å². The number of aryl methyl sites for hydroxylation is 3. The van der Waals surface area contributed by atoms with Gasteiger partial charge < -0.3 is 14.8 Å². The summed E-state index contributed by atoms with van der Waals surface area (Å²) in [6.45, 7) is 7.43. The molecule has 2 fully saturated rings. The zero-order valence-corrected chi connectivity index (χ0v) is 13.6. The van der Waals surface area contributed by atoms with Crippen LogP contribution in [0, 0.1) is 20.8 Å². The predicted molar refractivity (Wildman–Crippen MR) is 85.2 cm³/mol. The molecule has 1 aliphatic heterocycles. The van der Waals surface area contributed by atoms with Gasteiger partial charge in [0.15, 0.2) is 0 Å². The minimum Gasteiger partial charge on any atom is -0.373 e. The quantitative estimate of drug-likeness (QED) is 0.914. The number of carbonyl (C=O) groups excluding carboxylic acids is 1. The molecular weight excluding hydrogens is 278 g/mol. The highest BCUT2D eigenvalue weighted by molar-refractivity contribution is 5.97. The molecule has 0 aromatic heterocycles. The van der Waals surface area contributed by atoms with Crippen LogP contribution >= 0.6 is 0 Å². The molecule has 1 aliphatic carbocycles. The number of benzene rings is 1. The summed E-state index contributed by atoms with van der Waals surface area (Å²) in [6, 6.07) is 4.31. The van der Waals surface area contributed by atoms with Gasteiger partial charge in [-0.2, -0.15) is 0 Å². The van der Waals surface area contributed by atoms with E-state index >= 15 is 0 Å². The Kier molecular flexibility index (Phi) is 4.50. The van der Waals surface area contributed by atoms with Gasteiger partial charge >= 0.3 is 0 Å². The molecule has 1 saturated carbocycles. The minimum absolute atomic E-state index is 0.0372. The van der Waals surface area contributed by atoms with E-state index in [4.69, 9.17) is 9.47 Å². The molecule has 3 atom stereocenters. The molecule has 1 aromatic rings. The number of carbonyl (C=O) groups is 1. The first kappa shape index (κ1) is 15.5. The van der Waals surface area contributed by atoms with Crippen molar-refractivity contribution in [3.63, 3.8) is 0 Å². The Balaban J connectivity index is 1.67. The number of ether oxygens (including phenoxy) is 2. The molecule has 1 saturated heterocycles. The summed E-state index contributed by atoms with van der Waals surface area (Å²) in [6.07, 6.45) is 3.11. The smallest absolute Gasteiger partial charge is 0.252 e. The molecular formula is C18H25NO3. The van der Waals surface area contributed by atoms with Crippen molar-refractivity contribution in [1.29, 1.82) is 0 Å². The molecule has 2 aliphatic rings. The van der Waals surface area contributed by atoms with E-state index in [1.54, 1.807) is 0 Å². The van der Waals surface area contributed by atoms with Crippen molar-refractivity contribution in [1.82, 2.24) is 5.32 Å². The maximum absolute atomic E-state index is 12.6. The third-order valence-electron chi connectivity index (χ3n) is 4.72. The molecule has 1 aromatic carbocycles. The van der Waals surface area contributed by atoms with Crippen LogP contribution in [-0.4, -0.2) is 37.4 Å². The van der Waals surface area contributed by atoms with Gasteiger partial charge in [-0.25, -0.2) is 0 Å². The summed E-state index contributed by atoms with van der Waals surface area (Å²) < 4.78 is 11.5. The Labute approximate surface area is 132 Å². The zero-order valence-electron chi connectivity index (χ0n) is 13.6. The molecule has 120 valence electrons. The molecule has 22 heavy (non-hydrogen) atoms. The second kappa shape index (κ2) is 6.39. The standard InChI is InChI=1S/C18H25NO3/c1-11-8-12(2)17(13(3)9-11)18(20)19-14-4-5-15-16(10-14)22-7-6-21-15/h8-9,14-16H,4-7,10H2,1-3H3,(H,19,20). The van der Waals surface area contributed by atoms with Crippen LogP contribution in [0.1, 0.15) is 46.3 Å². The van der Waals surface area contributed by atoms with Crippen LogP contribution in [0.2, 0.25) is 0 Å². The van der Waals surface area contributed by atoms with Gasteiger partial charge in [-0.05, 0) is 51.2 Å². The maximum Gasteiger partial charge on any atom is 0.252 e. The lowest BCUT2D eigenvalue weighted by Gasteiger charge is -2.39. The SMILES string of the molecule is Cc1cc(C)c(C(=O)NC2CCC3OCCOC3C2)c(C)c1. The molecule has 4 nitrogen and oxygen atoms in total. The average molecular weight is 303 g/mol. The summed E-state index contributed by atoms with van der Waals surface area (Å²) >= 11 is 0. The van der Waals surface area contributed by atoms with E-state index < -0.39 is 0 Å². The van der Waals surface area contributed by atoms with Gasteiger partial charge in [0.2, 0.25) is 0 Å². The Morgan fingerprint density at radius 1 is 1.05 bits per heavy atom. The Morgan fingerprint density at radius 2 is 1.68 bits per heavy atom. The van der Waals surface area contributed by atoms with Crippen molar-refractivity contribution in [3.05, 3.63) is 34.4 Å². The second-order valence-corrected chi connectivity index (χ2v) is 6.58. The fourth-order valence-electron chi connectivity index (χ4n) is 3.79. The van der Waals surface area contributed by atoms with E-state index in [9.17, 15) is 4.79 Å². The lowest BCUT2D eigenvalue weighted by molar-refractivity contribution is -0.157. The molecule has 1 heterocycles. The summed E-state index contributed by atoms with van der Waals surface area (Å²) in [5, 5.41) is 3.19. The molecule has 4 heteroatoms. The molecule has 3 rings (SSSR count). The minimum atomic E-state index is 0.0372. The number of rotatable bonds is 2. The molecule has 1 amide bonds. The normalized spacial score (nSPS) is 28.0. The van der Waals surface area contributed by atoms with Gasteiger partial charge in [-0.1, -0.05) is 17.7 Å². The van der Waals surface area contributed by atoms with Crippen LogP contribution in [-0.2, 0) is 9.47 Å². The van der Waals surface area contributed by atoms with E-state index in [0.717, 1.165) is 36.0 Å². The van der Waals surface area contributed by atoms with Crippen LogP contribution in [0.4, 0.5) is 0 Å². The molecule has 0 spiro atoms. The molecule has 3 unspecified atom stereocenters. The average Bonchev–Trinajstić information content (AvgIpc) is 2.46. The van der Waals surface area contributed by atoms with Crippen molar-refractivity contribution in [2.24, 2.45) is 0 Å². The van der Waals surface area contributed by atoms with E-state index in [2.05, 4.69) is 24.4 Å². The Morgan fingerprint density at radius 3 is 2.36 bits per heavy atom. The predicted octanol–water partition coefficient (Wildman–Crippen LogP) is 2.68. The number of nitrogens with one attached hydrogen (secondary N) is 1. The van der Waals surface area contributed by atoms with E-state index in [-0.39, 0.29) is 24.2 Å². The molecule has 0 bridgehead atoms. The molecule has 0 radical (unpaired) electrons. The van der Waals surface area contributed by atoms with Gasteiger partial charge in [0, 0.05) is 11.6 Å². The van der Waals surface area contributed by atoms with Crippen molar-refractivity contribution in [2.75, 3.05) is 13.2 Å². The first-order valence-corrected chi connectivity index (χ1v) is 8.16. The molecule has 1 N–H and O–H groups in total. The van der Waals surface area contributed by atoms with E-state index in [0.29, 0.717) is 13.2 Å². The van der Waals surface area contributed by atoms with Gasteiger partial charge in [0.25, 0.3) is 5.91 Å². The van der Waals surface area contributed by atoms with Crippen LogP contribution in [0.5, 0.6) is 0 Å². The third-order valence-corrected chi connectivity index (χ3v) is 4.72.